The Balaban J connectivity index is 1.72. The van der Waals surface area contributed by atoms with E-state index in [4.69, 9.17) is 4.74 Å². The molecule has 10 heteroatoms. The van der Waals surface area contributed by atoms with Gasteiger partial charge in [0.1, 0.15) is 5.82 Å². The van der Waals surface area contributed by atoms with Gasteiger partial charge in [-0.15, -0.1) is 16.4 Å². The van der Waals surface area contributed by atoms with Gasteiger partial charge in [0.2, 0.25) is 14.9 Å². The molecule has 0 amide bonds. The van der Waals surface area contributed by atoms with Crippen molar-refractivity contribution < 1.29 is 13.2 Å². The van der Waals surface area contributed by atoms with Crippen molar-refractivity contribution in [2.75, 3.05) is 18.5 Å². The Kier molecular flexibility index (Phi) is 5.72. The minimum atomic E-state index is -3.85. The average Bonchev–Trinajstić information content (AvgIpc) is 3.34. The van der Waals surface area contributed by atoms with E-state index in [0.29, 0.717) is 19.0 Å². The number of aryl methyl sites for hydroxylation is 1. The van der Waals surface area contributed by atoms with Crippen LogP contribution in [0.5, 0.6) is 0 Å². The highest BCUT2D eigenvalue weighted by Gasteiger charge is 2.27. The summed E-state index contributed by atoms with van der Waals surface area (Å²) in [4.78, 5) is 4.76. The van der Waals surface area contributed by atoms with Crippen molar-refractivity contribution in [3.8, 4) is 0 Å². The van der Waals surface area contributed by atoms with Gasteiger partial charge in [0.15, 0.2) is 5.65 Å². The third-order valence-corrected chi connectivity index (χ3v) is 7.15. The van der Waals surface area contributed by atoms with Crippen LogP contribution in [0.15, 0.2) is 45.6 Å². The minimum absolute atomic E-state index is 0.148. The van der Waals surface area contributed by atoms with Crippen molar-refractivity contribution in [3.05, 3.63) is 41.3 Å². The first-order valence-electron chi connectivity index (χ1n) is 9.68. The zero-order chi connectivity index (χ0) is 21.3. The summed E-state index contributed by atoms with van der Waals surface area (Å²) >= 11 is 1.52. The molecule has 8 nitrogen and oxygen atoms in total. The lowest BCUT2D eigenvalue weighted by atomic mass is 10.2. The van der Waals surface area contributed by atoms with Crippen LogP contribution in [0, 0.1) is 6.92 Å². The first-order valence-corrected chi connectivity index (χ1v) is 12.0. The van der Waals surface area contributed by atoms with Gasteiger partial charge < -0.3 is 10.1 Å². The number of sulfone groups is 1. The third-order valence-electron chi connectivity index (χ3n) is 4.57. The summed E-state index contributed by atoms with van der Waals surface area (Å²) in [5, 5.41) is 13.2. The van der Waals surface area contributed by atoms with Gasteiger partial charge >= 0.3 is 0 Å². The lowest BCUT2D eigenvalue weighted by molar-refractivity contribution is 0.0787. The number of aromatic nitrogens is 4. The number of ether oxygens (including phenoxy) is 1. The molecule has 1 aromatic carbocycles. The normalized spacial score (nSPS) is 12.3. The molecule has 0 atom stereocenters. The molecule has 4 rings (SSSR count). The van der Waals surface area contributed by atoms with Crippen molar-refractivity contribution in [1.29, 1.82) is 0 Å². The van der Waals surface area contributed by atoms with Gasteiger partial charge in [-0.05, 0) is 50.8 Å². The largest absolute Gasteiger partial charge is 0.379 e. The van der Waals surface area contributed by atoms with Crippen LogP contribution < -0.4 is 5.32 Å². The predicted octanol–water partition coefficient (Wildman–Crippen LogP) is 3.71. The SMILES string of the molecule is Cc1ccc(S(=O)(=O)c2nnn3c2nc(NCCCOC(C)C)c2sccc23)cc1. The molecule has 0 aliphatic rings. The number of anilines is 1. The van der Waals surface area contributed by atoms with Gasteiger partial charge in [-0.25, -0.2) is 13.4 Å². The van der Waals surface area contributed by atoms with Crippen molar-refractivity contribution in [2.45, 2.75) is 43.2 Å². The standard InChI is InChI=1S/C20H23N5O3S2/c1-13(2)28-11-4-10-21-18-17-16(9-12-29-17)25-19(22-18)20(23-24-25)30(26,27)15-7-5-14(3)6-8-15/h5-9,12-13H,4,10-11H2,1-3H3,(H,21,22). The number of nitrogens with zero attached hydrogens (tertiary/aromatic N) is 4. The van der Waals surface area contributed by atoms with Crippen LogP contribution in [-0.2, 0) is 14.6 Å². The Hall–Kier alpha value is -2.56. The topological polar surface area (TPSA) is 98.5 Å². The third kappa shape index (κ3) is 3.90. The summed E-state index contributed by atoms with van der Waals surface area (Å²) in [6.45, 7) is 7.21. The van der Waals surface area contributed by atoms with E-state index >= 15 is 0 Å². The second-order valence-electron chi connectivity index (χ2n) is 7.24. The summed E-state index contributed by atoms with van der Waals surface area (Å²) in [6.07, 6.45) is 1.00. The first-order chi connectivity index (χ1) is 14.4. The van der Waals surface area contributed by atoms with Crippen LogP contribution in [0.1, 0.15) is 25.8 Å². The molecule has 0 saturated heterocycles. The lowest BCUT2D eigenvalue weighted by Crippen LogP contribution is -2.11. The molecule has 158 valence electrons. The number of thiophene rings is 1. The Labute approximate surface area is 178 Å². The Morgan fingerprint density at radius 2 is 1.97 bits per heavy atom. The van der Waals surface area contributed by atoms with E-state index in [1.54, 1.807) is 24.3 Å². The van der Waals surface area contributed by atoms with Crippen LogP contribution in [-0.4, -0.2) is 47.5 Å². The van der Waals surface area contributed by atoms with E-state index in [0.717, 1.165) is 22.2 Å². The molecule has 0 radical (unpaired) electrons. The summed E-state index contributed by atoms with van der Waals surface area (Å²) in [6, 6.07) is 8.56. The van der Waals surface area contributed by atoms with Gasteiger partial charge in [-0.3, -0.25) is 0 Å². The molecule has 0 bridgehead atoms. The molecule has 0 unspecified atom stereocenters. The fraction of sp³-hybridized carbons (Fsp3) is 0.350. The van der Waals surface area contributed by atoms with Crippen LogP contribution in [0.25, 0.3) is 15.9 Å². The van der Waals surface area contributed by atoms with Gasteiger partial charge in [0, 0.05) is 13.2 Å². The monoisotopic (exact) mass is 445 g/mol. The number of benzene rings is 1. The van der Waals surface area contributed by atoms with Crippen molar-refractivity contribution in [2.24, 2.45) is 0 Å². The number of fused-ring (bicyclic) bond motifs is 3. The highest BCUT2D eigenvalue weighted by atomic mass is 32.2. The Morgan fingerprint density at radius 1 is 1.20 bits per heavy atom. The Morgan fingerprint density at radius 3 is 2.70 bits per heavy atom. The van der Waals surface area contributed by atoms with E-state index in [-0.39, 0.29) is 21.7 Å². The van der Waals surface area contributed by atoms with Gasteiger partial charge in [-0.1, -0.05) is 22.9 Å². The van der Waals surface area contributed by atoms with E-state index in [9.17, 15) is 8.42 Å². The van der Waals surface area contributed by atoms with Crippen molar-refractivity contribution in [3.63, 3.8) is 0 Å². The fourth-order valence-electron chi connectivity index (χ4n) is 3.04. The summed E-state index contributed by atoms with van der Waals surface area (Å²) in [5.74, 6) is 0.625. The van der Waals surface area contributed by atoms with Gasteiger partial charge in [0.05, 0.1) is 21.2 Å². The molecule has 0 saturated carbocycles. The maximum atomic E-state index is 13.2. The molecule has 0 fully saturated rings. The van der Waals surface area contributed by atoms with E-state index in [2.05, 4.69) is 20.6 Å². The highest BCUT2D eigenvalue weighted by molar-refractivity contribution is 7.91. The molecule has 3 heterocycles. The Bertz CT molecular complexity index is 1280. The minimum Gasteiger partial charge on any atom is -0.379 e. The number of hydrogen-bond acceptors (Lipinski definition) is 8. The fourth-order valence-corrected chi connectivity index (χ4v) is 5.12. The smallest absolute Gasteiger partial charge is 0.229 e. The van der Waals surface area contributed by atoms with E-state index < -0.39 is 9.84 Å². The molecule has 0 aliphatic heterocycles. The summed E-state index contributed by atoms with van der Waals surface area (Å²) in [5.41, 5.74) is 1.96. The zero-order valence-electron chi connectivity index (χ0n) is 17.0. The molecular formula is C20H23N5O3S2. The van der Waals surface area contributed by atoms with Crippen LogP contribution in [0.3, 0.4) is 0 Å². The number of nitrogens with one attached hydrogen (secondary N) is 1. The second-order valence-corrected chi connectivity index (χ2v) is 10.0. The summed E-state index contributed by atoms with van der Waals surface area (Å²) < 4.78 is 34.3. The molecule has 4 aromatic rings. The molecule has 0 aliphatic carbocycles. The average molecular weight is 446 g/mol. The molecular weight excluding hydrogens is 422 g/mol. The quantitative estimate of drug-likeness (QED) is 0.413. The highest BCUT2D eigenvalue weighted by Crippen LogP contribution is 2.31. The predicted molar refractivity (Wildman–Crippen MR) is 117 cm³/mol. The number of rotatable bonds is 8. The zero-order valence-corrected chi connectivity index (χ0v) is 18.6. The molecule has 3 aromatic heterocycles. The molecule has 0 spiro atoms. The molecule has 1 N–H and O–H groups in total. The molecule has 30 heavy (non-hydrogen) atoms. The number of hydrogen-bond donors (Lipinski definition) is 1. The van der Waals surface area contributed by atoms with Crippen LogP contribution >= 0.6 is 11.3 Å². The van der Waals surface area contributed by atoms with Crippen molar-refractivity contribution in [1.82, 2.24) is 19.8 Å². The maximum Gasteiger partial charge on any atom is 0.229 e. The second kappa shape index (κ2) is 8.29. The summed E-state index contributed by atoms with van der Waals surface area (Å²) in [7, 11) is -3.85. The first kappa shape index (κ1) is 20.7. The van der Waals surface area contributed by atoms with E-state index in [1.165, 1.54) is 15.9 Å². The van der Waals surface area contributed by atoms with Crippen molar-refractivity contribution >= 4 is 42.9 Å². The van der Waals surface area contributed by atoms with Crippen LogP contribution in [0.2, 0.25) is 0 Å². The maximum absolute atomic E-state index is 13.2. The van der Waals surface area contributed by atoms with Gasteiger partial charge in [-0.2, -0.15) is 4.52 Å². The lowest BCUT2D eigenvalue weighted by Gasteiger charge is -2.10. The van der Waals surface area contributed by atoms with E-state index in [1.807, 2.05) is 32.2 Å². The van der Waals surface area contributed by atoms with Crippen LogP contribution in [0.4, 0.5) is 5.82 Å². The van der Waals surface area contributed by atoms with Gasteiger partial charge in [0.25, 0.3) is 0 Å².